The van der Waals surface area contributed by atoms with Crippen LogP contribution >= 0.6 is 0 Å². The predicted molar refractivity (Wildman–Crippen MR) is 70.7 cm³/mol. The molecule has 0 aromatic heterocycles. The first-order chi connectivity index (χ1) is 8.74. The maximum Gasteiger partial charge on any atom is 0.0961 e. The molecule has 0 radical (unpaired) electrons. The zero-order valence-electron chi connectivity index (χ0n) is 10.9. The fourth-order valence-corrected chi connectivity index (χ4v) is 3.06. The Morgan fingerprint density at radius 3 is 3.06 bits per heavy atom. The third-order valence-electron chi connectivity index (χ3n) is 4.21. The summed E-state index contributed by atoms with van der Waals surface area (Å²) in [5.41, 5.74) is 2.86. The van der Waals surface area contributed by atoms with Crippen LogP contribution in [-0.4, -0.2) is 49.0 Å². The van der Waals surface area contributed by atoms with Crippen molar-refractivity contribution in [1.82, 2.24) is 4.90 Å². The molecule has 0 saturated carbocycles. The summed E-state index contributed by atoms with van der Waals surface area (Å²) in [5, 5.41) is 10.3. The van der Waals surface area contributed by atoms with Crippen molar-refractivity contribution in [1.29, 1.82) is 0 Å². The van der Waals surface area contributed by atoms with E-state index in [9.17, 15) is 5.11 Å². The Kier molecular flexibility index (Phi) is 3.37. The lowest BCUT2D eigenvalue weighted by molar-refractivity contribution is -0.0871. The molecule has 3 nitrogen and oxygen atoms in total. The van der Waals surface area contributed by atoms with Gasteiger partial charge >= 0.3 is 0 Å². The summed E-state index contributed by atoms with van der Waals surface area (Å²) in [4.78, 5) is 2.23. The molecule has 3 heteroatoms. The van der Waals surface area contributed by atoms with Gasteiger partial charge in [0.05, 0.1) is 18.8 Å². The molecule has 2 aliphatic rings. The summed E-state index contributed by atoms with van der Waals surface area (Å²) in [6, 6.07) is 8.54. The molecule has 3 unspecified atom stereocenters. The van der Waals surface area contributed by atoms with Crippen LogP contribution in [0.5, 0.6) is 0 Å². The lowest BCUT2D eigenvalue weighted by Gasteiger charge is -2.37. The summed E-state index contributed by atoms with van der Waals surface area (Å²) < 4.78 is 5.68. The van der Waals surface area contributed by atoms with Crippen LogP contribution < -0.4 is 0 Å². The number of hydrogen-bond acceptors (Lipinski definition) is 3. The van der Waals surface area contributed by atoms with Crippen LogP contribution in [0, 0.1) is 0 Å². The van der Waals surface area contributed by atoms with Crippen molar-refractivity contribution in [3.05, 3.63) is 35.4 Å². The summed E-state index contributed by atoms with van der Waals surface area (Å²) >= 11 is 0. The van der Waals surface area contributed by atoms with E-state index in [-0.39, 0.29) is 12.2 Å². The lowest BCUT2D eigenvalue weighted by Crippen LogP contribution is -2.46. The molecular weight excluding hydrogens is 226 g/mol. The summed E-state index contributed by atoms with van der Waals surface area (Å²) in [7, 11) is 2.08. The first-order valence-electron chi connectivity index (χ1n) is 6.80. The predicted octanol–water partition coefficient (Wildman–Crippen LogP) is 1.41. The zero-order chi connectivity index (χ0) is 12.5. The Hall–Kier alpha value is -0.900. The van der Waals surface area contributed by atoms with Crippen LogP contribution in [0.25, 0.3) is 0 Å². The average molecular weight is 247 g/mol. The Morgan fingerprint density at radius 1 is 1.44 bits per heavy atom. The number of ether oxygens (including phenoxy) is 1. The number of morpholine rings is 1. The van der Waals surface area contributed by atoms with Gasteiger partial charge < -0.3 is 14.7 Å². The van der Waals surface area contributed by atoms with Crippen LogP contribution in [0.1, 0.15) is 23.5 Å². The highest BCUT2D eigenvalue weighted by Gasteiger charge is 2.32. The molecule has 98 valence electrons. The van der Waals surface area contributed by atoms with E-state index in [0.717, 1.165) is 32.5 Å². The largest absolute Gasteiger partial charge is 0.390 e. The minimum Gasteiger partial charge on any atom is -0.390 e. The quantitative estimate of drug-likeness (QED) is 0.876. The van der Waals surface area contributed by atoms with Crippen molar-refractivity contribution in [3.63, 3.8) is 0 Å². The second kappa shape index (κ2) is 5.00. The molecule has 1 heterocycles. The topological polar surface area (TPSA) is 32.7 Å². The molecule has 1 N–H and O–H groups in total. The van der Waals surface area contributed by atoms with Gasteiger partial charge in [-0.05, 0) is 36.9 Å². The Bertz CT molecular complexity index is 421. The van der Waals surface area contributed by atoms with E-state index in [0.29, 0.717) is 5.92 Å². The highest BCUT2D eigenvalue weighted by Crippen LogP contribution is 2.38. The molecule has 0 amide bonds. The number of hydrogen-bond donors (Lipinski definition) is 1. The van der Waals surface area contributed by atoms with Crippen LogP contribution in [0.3, 0.4) is 0 Å². The van der Waals surface area contributed by atoms with Gasteiger partial charge in [-0.2, -0.15) is 0 Å². The number of aliphatic hydroxyl groups excluding tert-OH is 1. The van der Waals surface area contributed by atoms with Crippen molar-refractivity contribution < 1.29 is 9.84 Å². The van der Waals surface area contributed by atoms with Gasteiger partial charge in [0.1, 0.15) is 0 Å². The highest BCUT2D eigenvalue weighted by atomic mass is 16.5. The van der Waals surface area contributed by atoms with Crippen LogP contribution in [0.4, 0.5) is 0 Å². The second-order valence-electron chi connectivity index (χ2n) is 5.57. The van der Waals surface area contributed by atoms with Gasteiger partial charge in [-0.15, -0.1) is 0 Å². The zero-order valence-corrected chi connectivity index (χ0v) is 10.9. The van der Waals surface area contributed by atoms with Crippen molar-refractivity contribution in [3.8, 4) is 0 Å². The third-order valence-corrected chi connectivity index (χ3v) is 4.21. The number of fused-ring (bicyclic) bond motifs is 1. The van der Waals surface area contributed by atoms with Crippen molar-refractivity contribution in [2.45, 2.75) is 31.0 Å². The number of rotatable bonds is 3. The standard InChI is InChI=1S/C15H21NO2/c1-16-6-7-18-15(10-16)14(17)9-12-8-11-4-2-3-5-13(11)12/h2-5,12,14-15,17H,6-10H2,1H3. The number of nitrogens with zero attached hydrogens (tertiary/aromatic N) is 1. The minimum absolute atomic E-state index is 0.0171. The number of benzene rings is 1. The molecule has 1 aromatic carbocycles. The van der Waals surface area contributed by atoms with Gasteiger partial charge in [-0.1, -0.05) is 24.3 Å². The molecule has 1 aliphatic carbocycles. The van der Waals surface area contributed by atoms with E-state index in [2.05, 4.69) is 36.2 Å². The summed E-state index contributed by atoms with van der Waals surface area (Å²) in [6.07, 6.45) is 1.58. The smallest absolute Gasteiger partial charge is 0.0961 e. The molecule has 0 bridgehead atoms. The SMILES string of the molecule is CN1CCOC(C(O)CC2Cc3ccccc32)C1. The number of likely N-dealkylation sites (N-methyl/N-ethyl adjacent to an activating group) is 1. The first-order valence-corrected chi connectivity index (χ1v) is 6.80. The van der Waals surface area contributed by atoms with Crippen molar-refractivity contribution in [2.24, 2.45) is 0 Å². The second-order valence-corrected chi connectivity index (χ2v) is 5.57. The fourth-order valence-electron chi connectivity index (χ4n) is 3.06. The van der Waals surface area contributed by atoms with Crippen molar-refractivity contribution in [2.75, 3.05) is 26.7 Å². The van der Waals surface area contributed by atoms with Crippen LogP contribution in [0.2, 0.25) is 0 Å². The summed E-state index contributed by atoms with van der Waals surface area (Å²) in [5.74, 6) is 0.520. The van der Waals surface area contributed by atoms with E-state index in [4.69, 9.17) is 4.74 Å². The Balaban J connectivity index is 1.58. The van der Waals surface area contributed by atoms with Crippen LogP contribution in [0.15, 0.2) is 24.3 Å². The minimum atomic E-state index is -0.342. The molecule has 1 aromatic rings. The molecule has 18 heavy (non-hydrogen) atoms. The van der Waals surface area contributed by atoms with Gasteiger partial charge in [-0.25, -0.2) is 0 Å². The molecule has 3 rings (SSSR count). The number of aliphatic hydroxyl groups is 1. The summed E-state index contributed by atoms with van der Waals surface area (Å²) in [6.45, 7) is 2.55. The van der Waals surface area contributed by atoms with E-state index in [1.165, 1.54) is 11.1 Å². The average Bonchev–Trinajstić information content (AvgIpc) is 2.36. The highest BCUT2D eigenvalue weighted by molar-refractivity contribution is 5.39. The molecule has 1 aliphatic heterocycles. The Labute approximate surface area is 108 Å². The molecule has 1 saturated heterocycles. The monoisotopic (exact) mass is 247 g/mol. The normalized spacial score (nSPS) is 29.4. The van der Waals surface area contributed by atoms with Gasteiger partial charge in [0.25, 0.3) is 0 Å². The Morgan fingerprint density at radius 2 is 2.28 bits per heavy atom. The van der Waals surface area contributed by atoms with Crippen LogP contribution in [-0.2, 0) is 11.2 Å². The van der Waals surface area contributed by atoms with Gasteiger partial charge in [0.15, 0.2) is 0 Å². The van der Waals surface area contributed by atoms with E-state index in [1.54, 1.807) is 0 Å². The van der Waals surface area contributed by atoms with Gasteiger partial charge in [0, 0.05) is 13.1 Å². The molecule has 1 fully saturated rings. The van der Waals surface area contributed by atoms with E-state index < -0.39 is 0 Å². The lowest BCUT2D eigenvalue weighted by atomic mass is 9.74. The molecular formula is C15H21NO2. The molecule has 3 atom stereocenters. The first kappa shape index (κ1) is 12.2. The maximum absolute atomic E-state index is 10.3. The van der Waals surface area contributed by atoms with Gasteiger partial charge in [0.2, 0.25) is 0 Å². The van der Waals surface area contributed by atoms with E-state index >= 15 is 0 Å². The van der Waals surface area contributed by atoms with Gasteiger partial charge in [-0.3, -0.25) is 0 Å². The van der Waals surface area contributed by atoms with Crippen molar-refractivity contribution >= 4 is 0 Å². The molecule has 0 spiro atoms. The fraction of sp³-hybridized carbons (Fsp3) is 0.600. The van der Waals surface area contributed by atoms with E-state index in [1.807, 2.05) is 0 Å². The third kappa shape index (κ3) is 2.30. The maximum atomic E-state index is 10.3.